The van der Waals surface area contributed by atoms with Crippen molar-refractivity contribution >= 4 is 22.8 Å². The minimum Gasteiger partial charge on any atom is -1.00 e. The topological polar surface area (TPSA) is 90.9 Å². The molecule has 0 saturated heterocycles. The van der Waals surface area contributed by atoms with E-state index >= 15 is 0 Å². The maximum atomic E-state index is 11.0. The summed E-state index contributed by atoms with van der Waals surface area (Å²) >= 11 is 0. The van der Waals surface area contributed by atoms with Crippen LogP contribution < -0.4 is 34.9 Å². The van der Waals surface area contributed by atoms with Crippen molar-refractivity contribution < 1.29 is 40.9 Å². The zero-order valence-corrected chi connectivity index (χ0v) is 13.7. The van der Waals surface area contributed by atoms with Crippen molar-refractivity contribution in [2.45, 2.75) is 0 Å². The van der Waals surface area contributed by atoms with Crippen molar-refractivity contribution in [2.75, 3.05) is 12.4 Å². The molecule has 21 heavy (non-hydrogen) atoms. The second-order valence-corrected chi connectivity index (χ2v) is 4.31. The number of aromatic amines is 1. The molecule has 0 saturated carbocycles. The van der Waals surface area contributed by atoms with Crippen molar-refractivity contribution in [1.82, 2.24) is 15.0 Å². The van der Waals surface area contributed by atoms with Gasteiger partial charge in [-0.05, 0) is 30.3 Å². The first-order valence-corrected chi connectivity index (χ1v) is 6.04. The third kappa shape index (κ3) is 3.07. The Balaban J connectivity index is 0.00000121. The van der Waals surface area contributed by atoms with Crippen LogP contribution in [-0.2, 0) is 0 Å². The Labute approximate surface area is 144 Å². The largest absolute Gasteiger partial charge is 1.00 e. The van der Waals surface area contributed by atoms with E-state index in [0.717, 1.165) is 22.3 Å². The van der Waals surface area contributed by atoms with E-state index in [2.05, 4.69) is 20.3 Å². The number of aromatic nitrogens is 3. The van der Waals surface area contributed by atoms with Gasteiger partial charge in [0, 0.05) is 24.1 Å². The molecule has 0 aliphatic rings. The van der Waals surface area contributed by atoms with Crippen LogP contribution >= 0.6 is 0 Å². The van der Waals surface area contributed by atoms with Gasteiger partial charge in [0.15, 0.2) is 0 Å². The van der Waals surface area contributed by atoms with Crippen LogP contribution in [0.2, 0.25) is 0 Å². The van der Waals surface area contributed by atoms with Gasteiger partial charge in [-0.3, -0.25) is 0 Å². The standard InChI is InChI=1S/C14H12N4O2.Na.H/c1-15-14-16-5-4-11(18-14)12-7-9-6-8(13(19)20)2-3-10(9)17-12;;/h2-7,17H,1H3,(H,19,20)(H,15,16,18);;/q;+1;-1. The van der Waals surface area contributed by atoms with Gasteiger partial charge in [0.05, 0.1) is 17.0 Å². The van der Waals surface area contributed by atoms with Crippen LogP contribution in [0.1, 0.15) is 11.8 Å². The fourth-order valence-electron chi connectivity index (χ4n) is 2.03. The Morgan fingerprint density at radius 3 is 2.86 bits per heavy atom. The van der Waals surface area contributed by atoms with E-state index in [1.54, 1.807) is 37.5 Å². The van der Waals surface area contributed by atoms with Gasteiger partial charge in [-0.2, -0.15) is 0 Å². The number of anilines is 1. The number of carbonyl (C=O) groups is 1. The molecule has 1 aromatic carbocycles. The zero-order chi connectivity index (χ0) is 14.1. The van der Waals surface area contributed by atoms with Gasteiger partial charge in [-0.1, -0.05) is 0 Å². The average Bonchev–Trinajstić information content (AvgIpc) is 2.90. The van der Waals surface area contributed by atoms with E-state index in [9.17, 15) is 4.79 Å². The zero-order valence-electron chi connectivity index (χ0n) is 12.7. The molecule has 7 heteroatoms. The fourth-order valence-corrected chi connectivity index (χ4v) is 2.03. The second-order valence-electron chi connectivity index (χ2n) is 4.31. The van der Waals surface area contributed by atoms with Crippen LogP contribution in [0.4, 0.5) is 5.95 Å². The number of H-pyrrole nitrogens is 1. The fraction of sp³-hybridized carbons (Fsp3) is 0.0714. The van der Waals surface area contributed by atoms with E-state index in [4.69, 9.17) is 5.11 Å². The summed E-state index contributed by atoms with van der Waals surface area (Å²) < 4.78 is 0. The molecular weight excluding hydrogens is 279 g/mol. The Morgan fingerprint density at radius 2 is 2.14 bits per heavy atom. The summed E-state index contributed by atoms with van der Waals surface area (Å²) in [6, 6.07) is 8.64. The minimum atomic E-state index is -0.936. The van der Waals surface area contributed by atoms with Crippen molar-refractivity contribution in [3.05, 3.63) is 42.1 Å². The van der Waals surface area contributed by atoms with E-state index in [0.29, 0.717) is 5.95 Å². The van der Waals surface area contributed by atoms with Gasteiger partial charge in [0.25, 0.3) is 0 Å². The normalized spacial score (nSPS) is 10.1. The summed E-state index contributed by atoms with van der Waals surface area (Å²) in [5.41, 5.74) is 2.70. The molecule has 2 aromatic heterocycles. The van der Waals surface area contributed by atoms with Gasteiger partial charge in [0.1, 0.15) is 0 Å². The van der Waals surface area contributed by atoms with Gasteiger partial charge in [-0.25, -0.2) is 14.8 Å². The molecule has 0 spiro atoms. The SMILES string of the molecule is CNc1nccc(-c2cc3cc(C(=O)O)ccc3[nH]2)n1.[H-].[Na+]. The van der Waals surface area contributed by atoms with Crippen LogP contribution in [-0.4, -0.2) is 33.1 Å². The van der Waals surface area contributed by atoms with E-state index < -0.39 is 5.97 Å². The second kappa shape index (κ2) is 6.26. The summed E-state index contributed by atoms with van der Waals surface area (Å²) in [6.45, 7) is 0. The summed E-state index contributed by atoms with van der Waals surface area (Å²) in [7, 11) is 1.75. The maximum absolute atomic E-state index is 11.0. The minimum absolute atomic E-state index is 0. The molecule has 6 nitrogen and oxygen atoms in total. The van der Waals surface area contributed by atoms with Gasteiger partial charge < -0.3 is 16.8 Å². The molecule has 0 unspecified atom stereocenters. The van der Waals surface area contributed by atoms with Crippen molar-refractivity contribution in [1.29, 1.82) is 0 Å². The Morgan fingerprint density at radius 1 is 1.33 bits per heavy atom. The smallest absolute Gasteiger partial charge is 1.00 e. The predicted molar refractivity (Wildman–Crippen MR) is 76.9 cm³/mol. The molecule has 0 aliphatic carbocycles. The van der Waals surface area contributed by atoms with Gasteiger partial charge >= 0.3 is 35.5 Å². The molecule has 3 N–H and O–H groups in total. The number of nitrogens with zero attached hydrogens (tertiary/aromatic N) is 2. The summed E-state index contributed by atoms with van der Waals surface area (Å²) in [4.78, 5) is 22.6. The van der Waals surface area contributed by atoms with Crippen LogP contribution in [0.25, 0.3) is 22.3 Å². The average molecular weight is 292 g/mol. The molecule has 0 atom stereocenters. The van der Waals surface area contributed by atoms with E-state index in [-0.39, 0.29) is 36.5 Å². The van der Waals surface area contributed by atoms with Gasteiger partial charge in [0.2, 0.25) is 5.95 Å². The molecule has 0 bridgehead atoms. The molecular formula is C14H13N4NaO2. The predicted octanol–water partition coefficient (Wildman–Crippen LogP) is -0.519. The Bertz CT molecular complexity index is 806. The molecule has 0 fully saturated rings. The summed E-state index contributed by atoms with van der Waals surface area (Å²) in [6.07, 6.45) is 1.67. The third-order valence-electron chi connectivity index (χ3n) is 3.02. The summed E-state index contributed by atoms with van der Waals surface area (Å²) in [5.74, 6) is -0.401. The molecule has 0 aliphatic heterocycles. The first-order valence-electron chi connectivity index (χ1n) is 6.04. The number of carboxylic acids is 1. The van der Waals surface area contributed by atoms with E-state index in [1.165, 1.54) is 0 Å². The van der Waals surface area contributed by atoms with Crippen molar-refractivity contribution in [3.63, 3.8) is 0 Å². The molecule has 0 radical (unpaired) electrons. The Hall–Kier alpha value is -1.89. The van der Waals surface area contributed by atoms with Crippen LogP contribution in [0.3, 0.4) is 0 Å². The van der Waals surface area contributed by atoms with Crippen LogP contribution in [0.15, 0.2) is 36.5 Å². The van der Waals surface area contributed by atoms with Crippen molar-refractivity contribution in [3.8, 4) is 11.4 Å². The quantitative estimate of drug-likeness (QED) is 0.565. The van der Waals surface area contributed by atoms with Gasteiger partial charge in [-0.15, -0.1) is 0 Å². The molecule has 3 aromatic rings. The maximum Gasteiger partial charge on any atom is 1.00 e. The first kappa shape index (κ1) is 15.5. The first-order chi connectivity index (χ1) is 9.67. The summed E-state index contributed by atoms with van der Waals surface area (Å²) in [5, 5.41) is 12.7. The molecule has 102 valence electrons. The number of hydrogen-bond donors (Lipinski definition) is 3. The van der Waals surface area contributed by atoms with Crippen molar-refractivity contribution in [2.24, 2.45) is 0 Å². The number of fused-ring (bicyclic) bond motifs is 1. The molecule has 3 rings (SSSR count). The number of carboxylic acid groups (broad SMARTS) is 1. The Kier molecular flexibility index (Phi) is 4.62. The number of aromatic carboxylic acids is 1. The molecule has 0 amide bonds. The number of rotatable bonds is 3. The number of hydrogen-bond acceptors (Lipinski definition) is 4. The monoisotopic (exact) mass is 292 g/mol. The van der Waals surface area contributed by atoms with Crippen LogP contribution in [0, 0.1) is 0 Å². The molecule has 2 heterocycles. The number of benzene rings is 1. The third-order valence-corrected chi connectivity index (χ3v) is 3.02. The number of nitrogens with one attached hydrogen (secondary N) is 2. The van der Waals surface area contributed by atoms with E-state index in [1.807, 2.05) is 6.07 Å². The van der Waals surface area contributed by atoms with Crippen LogP contribution in [0.5, 0.6) is 0 Å².